The Hall–Kier alpha value is -4.99. The van der Waals surface area contributed by atoms with Gasteiger partial charge in [0.2, 0.25) is 0 Å². The second-order valence-corrected chi connectivity index (χ2v) is 11.5. The Labute approximate surface area is 255 Å². The summed E-state index contributed by atoms with van der Waals surface area (Å²) in [6, 6.07) is 26.7. The third-order valence-corrected chi connectivity index (χ3v) is 8.61. The Morgan fingerprint density at radius 1 is 0.977 bits per heavy atom. The molecule has 8 nitrogen and oxygen atoms in total. The van der Waals surface area contributed by atoms with E-state index in [4.69, 9.17) is 16.3 Å². The van der Waals surface area contributed by atoms with Crippen LogP contribution in [0.3, 0.4) is 0 Å². The Morgan fingerprint density at radius 3 is 2.53 bits per heavy atom. The minimum Gasteiger partial charge on any atom is -0.505 e. The molecule has 1 aliphatic rings. The van der Waals surface area contributed by atoms with E-state index in [0.29, 0.717) is 50.6 Å². The standard InChI is InChI=1S/C33H23ClN4O4S/c1-19-28(37-16-6-5-9-26(37)35-19)30(39)27-29(21-10-13-23(14-11-21)42-18-20-7-3-2-4-8-20)38(32(41)31(27)40)33-36-24-15-12-22(34)17-25(24)43-33/h2-17,29,39H,18H2,1H3. The van der Waals surface area contributed by atoms with Crippen molar-refractivity contribution >= 4 is 61.4 Å². The number of aliphatic hydroxyl groups excluding tert-OH is 1. The number of amides is 1. The molecular weight excluding hydrogens is 584 g/mol. The Kier molecular flexibility index (Phi) is 6.68. The van der Waals surface area contributed by atoms with Crippen molar-refractivity contribution in [3.05, 3.63) is 130 Å². The highest BCUT2D eigenvalue weighted by Crippen LogP contribution is 2.45. The average Bonchev–Trinajstić information content (AvgIpc) is 3.67. The van der Waals surface area contributed by atoms with Crippen LogP contribution in [0.4, 0.5) is 5.13 Å². The van der Waals surface area contributed by atoms with Gasteiger partial charge in [0.15, 0.2) is 10.9 Å². The van der Waals surface area contributed by atoms with Crippen LogP contribution in [0.25, 0.3) is 21.6 Å². The summed E-state index contributed by atoms with van der Waals surface area (Å²) < 4.78 is 8.44. The highest BCUT2D eigenvalue weighted by Gasteiger charge is 2.48. The number of benzene rings is 3. The molecule has 1 atom stereocenters. The molecule has 1 aliphatic heterocycles. The highest BCUT2D eigenvalue weighted by atomic mass is 35.5. The van der Waals surface area contributed by atoms with Gasteiger partial charge in [-0.2, -0.15) is 0 Å². The summed E-state index contributed by atoms with van der Waals surface area (Å²) in [7, 11) is 0. The molecule has 10 heteroatoms. The summed E-state index contributed by atoms with van der Waals surface area (Å²) in [6.07, 6.45) is 1.76. The average molecular weight is 607 g/mol. The number of nitrogens with zero attached hydrogens (tertiary/aromatic N) is 4. The molecule has 0 spiro atoms. The number of thiazole rings is 1. The predicted molar refractivity (Wildman–Crippen MR) is 167 cm³/mol. The maximum absolute atomic E-state index is 13.7. The van der Waals surface area contributed by atoms with E-state index in [1.807, 2.05) is 36.4 Å². The molecule has 0 radical (unpaired) electrons. The first kappa shape index (κ1) is 26.9. The van der Waals surface area contributed by atoms with Gasteiger partial charge < -0.3 is 9.84 Å². The van der Waals surface area contributed by atoms with E-state index in [1.165, 1.54) is 16.2 Å². The third-order valence-electron chi connectivity index (χ3n) is 7.36. The zero-order valence-corrected chi connectivity index (χ0v) is 24.3. The molecule has 1 fully saturated rings. The maximum atomic E-state index is 13.7. The number of carbonyl (C=O) groups excluding carboxylic acids is 2. The molecule has 3 aromatic carbocycles. The zero-order valence-electron chi connectivity index (χ0n) is 22.8. The number of hydrogen-bond donors (Lipinski definition) is 1. The lowest BCUT2D eigenvalue weighted by molar-refractivity contribution is -0.132. The van der Waals surface area contributed by atoms with Crippen molar-refractivity contribution in [3.63, 3.8) is 0 Å². The van der Waals surface area contributed by atoms with Crippen LogP contribution in [0.2, 0.25) is 5.02 Å². The van der Waals surface area contributed by atoms with Crippen molar-refractivity contribution in [2.75, 3.05) is 4.90 Å². The molecule has 1 unspecified atom stereocenters. The fourth-order valence-electron chi connectivity index (χ4n) is 5.35. The molecule has 3 aromatic heterocycles. The molecular formula is C33H23ClN4O4S. The monoisotopic (exact) mass is 606 g/mol. The van der Waals surface area contributed by atoms with Crippen LogP contribution in [0, 0.1) is 6.92 Å². The number of ether oxygens (including phenoxy) is 1. The largest absolute Gasteiger partial charge is 0.505 e. The molecule has 212 valence electrons. The number of Topliss-reactive ketones (excluding diaryl/α,β-unsaturated/α-hetero) is 1. The molecule has 1 amide bonds. The summed E-state index contributed by atoms with van der Waals surface area (Å²) >= 11 is 7.46. The molecule has 1 saturated heterocycles. The lowest BCUT2D eigenvalue weighted by Crippen LogP contribution is -2.29. The first-order valence-corrected chi connectivity index (χ1v) is 14.7. The number of aryl methyl sites for hydroxylation is 1. The number of anilines is 1. The van der Waals surface area contributed by atoms with Gasteiger partial charge in [0, 0.05) is 11.2 Å². The molecule has 0 saturated carbocycles. The zero-order chi connectivity index (χ0) is 29.7. The van der Waals surface area contributed by atoms with Crippen molar-refractivity contribution < 1.29 is 19.4 Å². The van der Waals surface area contributed by atoms with E-state index in [1.54, 1.807) is 72.1 Å². The second-order valence-electron chi connectivity index (χ2n) is 10.1. The van der Waals surface area contributed by atoms with Crippen molar-refractivity contribution in [2.24, 2.45) is 0 Å². The number of hydrogen-bond acceptors (Lipinski definition) is 7. The Balaban J connectivity index is 1.36. The number of imidazole rings is 1. The van der Waals surface area contributed by atoms with Crippen LogP contribution in [0.5, 0.6) is 5.75 Å². The van der Waals surface area contributed by atoms with Gasteiger partial charge in [-0.05, 0) is 60.5 Å². The Morgan fingerprint density at radius 2 is 1.74 bits per heavy atom. The topological polar surface area (TPSA) is 97.0 Å². The smallest absolute Gasteiger partial charge is 0.301 e. The fraction of sp³-hybridized carbons (Fsp3) is 0.0909. The van der Waals surface area contributed by atoms with E-state index in [0.717, 1.165) is 10.3 Å². The molecule has 0 bridgehead atoms. The molecule has 1 N–H and O–H groups in total. The SMILES string of the molecule is Cc1nc2ccccn2c1C(O)=C1C(=O)C(=O)N(c2nc3ccc(Cl)cc3s2)C1c1ccc(OCc2ccccc2)cc1. The fourth-order valence-corrected chi connectivity index (χ4v) is 6.62. The molecule has 4 heterocycles. The van der Waals surface area contributed by atoms with Crippen molar-refractivity contribution in [2.45, 2.75) is 19.6 Å². The van der Waals surface area contributed by atoms with Gasteiger partial charge in [-0.3, -0.25) is 18.9 Å². The van der Waals surface area contributed by atoms with Gasteiger partial charge in [-0.1, -0.05) is 71.5 Å². The number of carbonyl (C=O) groups is 2. The highest BCUT2D eigenvalue weighted by molar-refractivity contribution is 7.22. The van der Waals surface area contributed by atoms with Gasteiger partial charge in [0.1, 0.15) is 23.7 Å². The maximum Gasteiger partial charge on any atom is 0.301 e. The van der Waals surface area contributed by atoms with Crippen LogP contribution in [0.15, 0.2) is 103 Å². The van der Waals surface area contributed by atoms with Gasteiger partial charge in [-0.25, -0.2) is 9.97 Å². The summed E-state index contributed by atoms with van der Waals surface area (Å²) in [5, 5.41) is 12.6. The van der Waals surface area contributed by atoms with Crippen LogP contribution in [0.1, 0.15) is 28.6 Å². The van der Waals surface area contributed by atoms with Gasteiger partial charge in [-0.15, -0.1) is 0 Å². The number of halogens is 1. The first-order valence-electron chi connectivity index (χ1n) is 13.5. The van der Waals surface area contributed by atoms with Crippen molar-refractivity contribution in [1.82, 2.24) is 14.4 Å². The minimum absolute atomic E-state index is 0.0472. The van der Waals surface area contributed by atoms with E-state index in [9.17, 15) is 14.7 Å². The number of aromatic nitrogens is 3. The quantitative estimate of drug-likeness (QED) is 0.123. The second kappa shape index (κ2) is 10.7. The van der Waals surface area contributed by atoms with E-state index in [2.05, 4.69) is 9.97 Å². The van der Waals surface area contributed by atoms with Crippen LogP contribution >= 0.6 is 22.9 Å². The molecule has 43 heavy (non-hydrogen) atoms. The number of aliphatic hydroxyl groups is 1. The van der Waals surface area contributed by atoms with Gasteiger partial charge >= 0.3 is 5.91 Å². The van der Waals surface area contributed by atoms with Crippen LogP contribution < -0.4 is 9.64 Å². The lowest BCUT2D eigenvalue weighted by Gasteiger charge is -2.23. The normalized spacial score (nSPS) is 16.4. The predicted octanol–water partition coefficient (Wildman–Crippen LogP) is 7.11. The molecule has 0 aliphatic carbocycles. The molecule has 7 rings (SSSR count). The van der Waals surface area contributed by atoms with Crippen molar-refractivity contribution in [3.8, 4) is 5.75 Å². The Bertz CT molecular complexity index is 2070. The third kappa shape index (κ3) is 4.72. The number of pyridine rings is 1. The van der Waals surface area contributed by atoms with E-state index in [-0.39, 0.29) is 11.3 Å². The van der Waals surface area contributed by atoms with Crippen molar-refractivity contribution in [1.29, 1.82) is 0 Å². The number of fused-ring (bicyclic) bond motifs is 2. The van der Waals surface area contributed by atoms with Gasteiger partial charge in [0.25, 0.3) is 5.78 Å². The van der Waals surface area contributed by atoms with E-state index >= 15 is 0 Å². The molecule has 6 aromatic rings. The number of ketones is 1. The number of rotatable bonds is 6. The summed E-state index contributed by atoms with van der Waals surface area (Å²) in [5.74, 6) is -1.28. The van der Waals surface area contributed by atoms with Gasteiger partial charge in [0.05, 0.1) is 27.5 Å². The first-order chi connectivity index (χ1) is 20.9. The summed E-state index contributed by atoms with van der Waals surface area (Å²) in [5.41, 5.74) is 3.71. The van der Waals surface area contributed by atoms with E-state index < -0.39 is 17.7 Å². The summed E-state index contributed by atoms with van der Waals surface area (Å²) in [6.45, 7) is 2.14. The lowest BCUT2D eigenvalue weighted by atomic mass is 9.96. The summed E-state index contributed by atoms with van der Waals surface area (Å²) in [4.78, 5) is 38.0. The van der Waals surface area contributed by atoms with Crippen LogP contribution in [-0.4, -0.2) is 31.2 Å². The van der Waals surface area contributed by atoms with Crippen LogP contribution in [-0.2, 0) is 16.2 Å². The minimum atomic E-state index is -0.951.